The molecule has 2 unspecified atom stereocenters. The molecule has 0 aliphatic heterocycles. The second-order valence-electron chi connectivity index (χ2n) is 7.23. The standard InChI is InChI=1S/C23H26O3/c1-3-22(11-7-5-8-12-22)17-15-18(21(25)26)20(24)19(16-17)23(4-2)13-9-6-10-14-23/h5-11,13,15-16,24H,3-4,12,14H2,1-2H3,(H,25,26). The van der Waals surface area contributed by atoms with Crippen LogP contribution in [0.2, 0.25) is 0 Å². The van der Waals surface area contributed by atoms with Crippen LogP contribution in [0.25, 0.3) is 0 Å². The van der Waals surface area contributed by atoms with Gasteiger partial charge >= 0.3 is 5.97 Å². The Balaban J connectivity index is 2.25. The molecule has 0 saturated heterocycles. The van der Waals surface area contributed by atoms with Crippen molar-refractivity contribution in [2.45, 2.75) is 50.4 Å². The lowest BCUT2D eigenvalue weighted by molar-refractivity contribution is 0.0693. The molecule has 136 valence electrons. The van der Waals surface area contributed by atoms with Crippen LogP contribution >= 0.6 is 0 Å². The largest absolute Gasteiger partial charge is 0.507 e. The predicted octanol–water partition coefficient (Wildman–Crippen LogP) is 5.42. The minimum atomic E-state index is -1.09. The van der Waals surface area contributed by atoms with E-state index in [1.807, 2.05) is 30.4 Å². The van der Waals surface area contributed by atoms with Crippen LogP contribution in [-0.4, -0.2) is 16.2 Å². The molecule has 2 aliphatic rings. The van der Waals surface area contributed by atoms with Crippen LogP contribution in [0.1, 0.15) is 61.0 Å². The number of rotatable bonds is 5. The zero-order valence-electron chi connectivity index (χ0n) is 15.4. The quantitative estimate of drug-likeness (QED) is 0.745. The SMILES string of the molecule is CCC1(c2cc(C(=O)O)c(O)c(C3(CC)C=CC=CC3)c2)C=CC=CC1. The third kappa shape index (κ3) is 2.92. The molecular formula is C23H26O3. The molecule has 2 N–H and O–H groups in total. The van der Waals surface area contributed by atoms with Gasteiger partial charge in [0.25, 0.3) is 0 Å². The maximum atomic E-state index is 11.9. The van der Waals surface area contributed by atoms with Gasteiger partial charge in [-0.2, -0.15) is 0 Å². The van der Waals surface area contributed by atoms with Crippen LogP contribution in [-0.2, 0) is 10.8 Å². The predicted molar refractivity (Wildman–Crippen MR) is 105 cm³/mol. The lowest BCUT2D eigenvalue weighted by Gasteiger charge is -2.36. The second-order valence-corrected chi connectivity index (χ2v) is 7.23. The Morgan fingerprint density at radius 3 is 2.00 bits per heavy atom. The summed E-state index contributed by atoms with van der Waals surface area (Å²) in [7, 11) is 0. The summed E-state index contributed by atoms with van der Waals surface area (Å²) < 4.78 is 0. The van der Waals surface area contributed by atoms with Crippen molar-refractivity contribution >= 4 is 5.97 Å². The van der Waals surface area contributed by atoms with Crippen LogP contribution in [0.15, 0.2) is 60.7 Å². The van der Waals surface area contributed by atoms with Crippen molar-refractivity contribution in [2.75, 3.05) is 0 Å². The van der Waals surface area contributed by atoms with E-state index in [0.29, 0.717) is 5.56 Å². The highest BCUT2D eigenvalue weighted by atomic mass is 16.4. The van der Waals surface area contributed by atoms with Crippen molar-refractivity contribution in [3.8, 4) is 5.75 Å². The average Bonchev–Trinajstić information content (AvgIpc) is 2.68. The van der Waals surface area contributed by atoms with Gasteiger partial charge in [0.05, 0.1) is 0 Å². The molecule has 1 aromatic carbocycles. The van der Waals surface area contributed by atoms with E-state index in [1.165, 1.54) is 0 Å². The van der Waals surface area contributed by atoms with Gasteiger partial charge in [-0.15, -0.1) is 0 Å². The average molecular weight is 350 g/mol. The van der Waals surface area contributed by atoms with Crippen LogP contribution < -0.4 is 0 Å². The first-order valence-corrected chi connectivity index (χ1v) is 9.28. The number of benzene rings is 1. The minimum Gasteiger partial charge on any atom is -0.507 e. The third-order valence-electron chi connectivity index (χ3n) is 6.00. The van der Waals surface area contributed by atoms with Crippen molar-refractivity contribution in [3.05, 3.63) is 77.4 Å². The monoisotopic (exact) mass is 350 g/mol. The molecule has 0 spiro atoms. The number of phenols is 1. The number of aromatic hydroxyl groups is 1. The molecule has 0 amide bonds. The zero-order chi connectivity index (χ0) is 18.8. The third-order valence-corrected chi connectivity index (χ3v) is 6.00. The fraction of sp³-hybridized carbons (Fsp3) is 0.348. The smallest absolute Gasteiger partial charge is 0.339 e. The van der Waals surface area contributed by atoms with Crippen LogP contribution in [0, 0.1) is 0 Å². The van der Waals surface area contributed by atoms with Crippen molar-refractivity contribution in [3.63, 3.8) is 0 Å². The molecule has 26 heavy (non-hydrogen) atoms. The molecule has 3 heteroatoms. The summed E-state index contributed by atoms with van der Waals surface area (Å²) in [6.45, 7) is 4.20. The van der Waals surface area contributed by atoms with Gasteiger partial charge in [0.15, 0.2) is 0 Å². The van der Waals surface area contributed by atoms with E-state index in [0.717, 1.165) is 31.2 Å². The van der Waals surface area contributed by atoms with Gasteiger partial charge in [-0.25, -0.2) is 4.79 Å². The summed E-state index contributed by atoms with van der Waals surface area (Å²) in [5.74, 6) is -1.20. The lowest BCUT2D eigenvalue weighted by Crippen LogP contribution is -2.28. The summed E-state index contributed by atoms with van der Waals surface area (Å²) >= 11 is 0. The zero-order valence-corrected chi connectivity index (χ0v) is 15.4. The normalized spacial score (nSPS) is 27.0. The Labute approximate surface area is 155 Å². The minimum absolute atomic E-state index is 0.0101. The fourth-order valence-corrected chi connectivity index (χ4v) is 4.13. The van der Waals surface area contributed by atoms with Crippen molar-refractivity contribution in [2.24, 2.45) is 0 Å². The maximum absolute atomic E-state index is 11.9. The summed E-state index contributed by atoms with van der Waals surface area (Å²) in [5.41, 5.74) is 1.06. The topological polar surface area (TPSA) is 57.5 Å². The molecule has 0 radical (unpaired) electrons. The first-order chi connectivity index (χ1) is 12.5. The summed E-state index contributed by atoms with van der Waals surface area (Å²) in [5, 5.41) is 20.5. The lowest BCUT2D eigenvalue weighted by atomic mass is 9.68. The number of carboxylic acids is 1. The Morgan fingerprint density at radius 1 is 0.962 bits per heavy atom. The Morgan fingerprint density at radius 2 is 1.54 bits per heavy atom. The number of hydrogen-bond donors (Lipinski definition) is 2. The van der Waals surface area contributed by atoms with Gasteiger partial charge in [-0.1, -0.05) is 68.5 Å². The van der Waals surface area contributed by atoms with Crippen LogP contribution in [0.3, 0.4) is 0 Å². The van der Waals surface area contributed by atoms with Gasteiger partial charge in [0, 0.05) is 16.4 Å². The first-order valence-electron chi connectivity index (χ1n) is 9.28. The van der Waals surface area contributed by atoms with E-state index in [-0.39, 0.29) is 22.1 Å². The van der Waals surface area contributed by atoms with E-state index >= 15 is 0 Å². The Kier molecular flexibility index (Phi) is 4.90. The highest BCUT2D eigenvalue weighted by molar-refractivity contribution is 5.92. The molecule has 0 bridgehead atoms. The molecule has 2 atom stereocenters. The van der Waals surface area contributed by atoms with Gasteiger partial charge < -0.3 is 10.2 Å². The fourth-order valence-electron chi connectivity index (χ4n) is 4.13. The number of carboxylic acid groups (broad SMARTS) is 1. The Bertz CT molecular complexity index is 828. The maximum Gasteiger partial charge on any atom is 0.339 e. The second kappa shape index (κ2) is 6.99. The molecule has 0 fully saturated rings. The molecule has 0 saturated carbocycles. The van der Waals surface area contributed by atoms with Gasteiger partial charge in [-0.05, 0) is 37.3 Å². The van der Waals surface area contributed by atoms with E-state index in [4.69, 9.17) is 0 Å². The molecule has 0 aromatic heterocycles. The van der Waals surface area contributed by atoms with Crippen LogP contribution in [0.5, 0.6) is 5.75 Å². The van der Waals surface area contributed by atoms with Crippen molar-refractivity contribution < 1.29 is 15.0 Å². The van der Waals surface area contributed by atoms with Gasteiger partial charge in [0.2, 0.25) is 0 Å². The van der Waals surface area contributed by atoms with Crippen LogP contribution in [0.4, 0.5) is 0 Å². The van der Waals surface area contributed by atoms with E-state index in [2.05, 4.69) is 38.2 Å². The number of aromatic carboxylic acids is 1. The number of carbonyl (C=O) groups is 1. The van der Waals surface area contributed by atoms with E-state index < -0.39 is 5.97 Å². The van der Waals surface area contributed by atoms with E-state index in [9.17, 15) is 15.0 Å². The van der Waals surface area contributed by atoms with Crippen molar-refractivity contribution in [1.29, 1.82) is 0 Å². The Hall–Kier alpha value is -2.55. The van der Waals surface area contributed by atoms with Gasteiger partial charge in [0.1, 0.15) is 11.3 Å². The summed E-state index contributed by atoms with van der Waals surface area (Å²) in [6.07, 6.45) is 19.7. The molecule has 2 aliphatic carbocycles. The van der Waals surface area contributed by atoms with Gasteiger partial charge in [-0.3, -0.25) is 0 Å². The molecule has 0 heterocycles. The summed E-state index contributed by atoms with van der Waals surface area (Å²) in [6, 6.07) is 3.68. The van der Waals surface area contributed by atoms with E-state index in [1.54, 1.807) is 6.07 Å². The number of hydrogen-bond acceptors (Lipinski definition) is 2. The molecule has 3 rings (SSSR count). The van der Waals surface area contributed by atoms with Crippen molar-refractivity contribution in [1.82, 2.24) is 0 Å². The molecular weight excluding hydrogens is 324 g/mol. The molecule has 1 aromatic rings. The highest BCUT2D eigenvalue weighted by Crippen LogP contribution is 2.46. The molecule has 3 nitrogen and oxygen atoms in total. The number of allylic oxidation sites excluding steroid dienone is 8. The highest BCUT2D eigenvalue weighted by Gasteiger charge is 2.36. The summed E-state index contributed by atoms with van der Waals surface area (Å²) in [4.78, 5) is 11.9. The first kappa shape index (κ1) is 18.2.